The van der Waals surface area contributed by atoms with Crippen molar-refractivity contribution in [3.8, 4) is 11.5 Å². The number of anilines is 2. The quantitative estimate of drug-likeness (QED) is 0.852. The highest BCUT2D eigenvalue weighted by molar-refractivity contribution is 5.61. The van der Waals surface area contributed by atoms with Crippen LogP contribution in [0.4, 0.5) is 11.4 Å². The van der Waals surface area contributed by atoms with E-state index in [0.29, 0.717) is 12.3 Å². The van der Waals surface area contributed by atoms with Crippen LogP contribution in [0, 0.1) is 0 Å². The van der Waals surface area contributed by atoms with Crippen LogP contribution in [0.3, 0.4) is 0 Å². The number of nitrogen functional groups attached to an aromatic ring is 1. The van der Waals surface area contributed by atoms with Crippen LogP contribution >= 0.6 is 0 Å². The summed E-state index contributed by atoms with van der Waals surface area (Å²) in [5.41, 5.74) is 8.89. The lowest BCUT2D eigenvalue weighted by Gasteiger charge is -2.23. The molecule has 2 N–H and O–H groups in total. The minimum absolute atomic E-state index is 0.661. The molecular formula is C16H18N2O2. The second kappa shape index (κ2) is 5.33. The van der Waals surface area contributed by atoms with E-state index in [-0.39, 0.29) is 0 Å². The third kappa shape index (κ3) is 2.50. The second-order valence-corrected chi connectivity index (χ2v) is 4.84. The molecule has 1 aliphatic heterocycles. The third-order valence-corrected chi connectivity index (χ3v) is 3.47. The van der Waals surface area contributed by atoms with Crippen LogP contribution in [0.25, 0.3) is 0 Å². The number of nitrogens with two attached hydrogens (primary N) is 1. The summed E-state index contributed by atoms with van der Waals surface area (Å²) in [6, 6.07) is 13.9. The lowest BCUT2D eigenvalue weighted by atomic mass is 10.1. The Labute approximate surface area is 118 Å². The van der Waals surface area contributed by atoms with E-state index in [0.717, 1.165) is 30.3 Å². The Morgan fingerprint density at radius 2 is 2.05 bits per heavy atom. The molecule has 0 saturated heterocycles. The van der Waals surface area contributed by atoms with Gasteiger partial charge in [0.15, 0.2) is 0 Å². The molecule has 3 rings (SSSR count). The first-order chi connectivity index (χ1) is 9.76. The van der Waals surface area contributed by atoms with Gasteiger partial charge in [0.05, 0.1) is 13.7 Å². The zero-order chi connectivity index (χ0) is 13.9. The van der Waals surface area contributed by atoms with Crippen molar-refractivity contribution < 1.29 is 9.47 Å². The van der Waals surface area contributed by atoms with Crippen LogP contribution < -0.4 is 20.1 Å². The molecule has 0 amide bonds. The Kier molecular flexibility index (Phi) is 3.37. The fourth-order valence-electron chi connectivity index (χ4n) is 2.45. The number of para-hydroxylation sites is 1. The zero-order valence-corrected chi connectivity index (χ0v) is 11.5. The van der Waals surface area contributed by atoms with Gasteiger partial charge in [0, 0.05) is 35.6 Å². The fourth-order valence-corrected chi connectivity index (χ4v) is 2.45. The molecule has 0 aromatic heterocycles. The van der Waals surface area contributed by atoms with Crippen LogP contribution in [-0.2, 0) is 6.54 Å². The molecule has 0 bridgehead atoms. The van der Waals surface area contributed by atoms with Crippen molar-refractivity contribution in [2.75, 3.05) is 30.9 Å². The van der Waals surface area contributed by atoms with Crippen LogP contribution in [0.15, 0.2) is 42.5 Å². The van der Waals surface area contributed by atoms with Gasteiger partial charge in [0.1, 0.15) is 18.1 Å². The summed E-state index contributed by atoms with van der Waals surface area (Å²) >= 11 is 0. The van der Waals surface area contributed by atoms with Gasteiger partial charge in [0.25, 0.3) is 0 Å². The van der Waals surface area contributed by atoms with E-state index in [1.807, 2.05) is 36.4 Å². The number of fused-ring (bicyclic) bond motifs is 1. The van der Waals surface area contributed by atoms with Gasteiger partial charge in [-0.2, -0.15) is 0 Å². The maximum Gasteiger partial charge on any atom is 0.124 e. The van der Waals surface area contributed by atoms with E-state index in [1.54, 1.807) is 7.11 Å². The van der Waals surface area contributed by atoms with E-state index in [9.17, 15) is 0 Å². The van der Waals surface area contributed by atoms with Gasteiger partial charge in [-0.1, -0.05) is 18.2 Å². The summed E-state index contributed by atoms with van der Waals surface area (Å²) < 4.78 is 11.1. The summed E-state index contributed by atoms with van der Waals surface area (Å²) in [6.07, 6.45) is 0. The normalized spacial score (nSPS) is 14.2. The first kappa shape index (κ1) is 12.7. The predicted octanol–water partition coefficient (Wildman–Crippen LogP) is 2.68. The minimum atomic E-state index is 0.661. The van der Waals surface area contributed by atoms with E-state index in [1.165, 1.54) is 5.56 Å². The van der Waals surface area contributed by atoms with E-state index >= 15 is 0 Å². The van der Waals surface area contributed by atoms with Crippen molar-refractivity contribution in [3.63, 3.8) is 0 Å². The van der Waals surface area contributed by atoms with Crippen LogP contribution in [-0.4, -0.2) is 20.3 Å². The van der Waals surface area contributed by atoms with Gasteiger partial charge >= 0.3 is 0 Å². The minimum Gasteiger partial charge on any atom is -0.497 e. The maximum atomic E-state index is 5.94. The molecule has 20 heavy (non-hydrogen) atoms. The highest BCUT2D eigenvalue weighted by Crippen LogP contribution is 2.29. The van der Waals surface area contributed by atoms with Gasteiger partial charge in [-0.15, -0.1) is 0 Å². The SMILES string of the molecule is COc1cc(N)cc(N2CCOc3ccccc3C2)c1. The zero-order valence-electron chi connectivity index (χ0n) is 11.5. The standard InChI is InChI=1S/C16H18N2O2/c1-19-15-9-13(17)8-14(10-15)18-6-7-20-16-5-3-2-4-12(16)11-18/h2-5,8-10H,6-7,11,17H2,1H3. The summed E-state index contributed by atoms with van der Waals surface area (Å²) in [6.45, 7) is 2.29. The van der Waals surface area contributed by atoms with E-state index < -0.39 is 0 Å². The first-order valence-electron chi connectivity index (χ1n) is 6.66. The predicted molar refractivity (Wildman–Crippen MR) is 80.4 cm³/mol. The number of benzene rings is 2. The van der Waals surface area contributed by atoms with Crippen molar-refractivity contribution in [2.45, 2.75) is 6.54 Å². The van der Waals surface area contributed by atoms with Crippen LogP contribution in [0.2, 0.25) is 0 Å². The molecule has 2 aromatic rings. The molecule has 0 unspecified atom stereocenters. The molecule has 0 saturated carbocycles. The fraction of sp³-hybridized carbons (Fsp3) is 0.250. The molecular weight excluding hydrogens is 252 g/mol. The van der Waals surface area contributed by atoms with Crippen LogP contribution in [0.1, 0.15) is 5.56 Å². The number of rotatable bonds is 2. The molecule has 4 nitrogen and oxygen atoms in total. The van der Waals surface area contributed by atoms with Gasteiger partial charge in [0.2, 0.25) is 0 Å². The van der Waals surface area contributed by atoms with E-state index in [2.05, 4.69) is 11.0 Å². The largest absolute Gasteiger partial charge is 0.497 e. The number of methoxy groups -OCH3 is 1. The number of nitrogens with zero attached hydrogens (tertiary/aromatic N) is 1. The van der Waals surface area contributed by atoms with Crippen LogP contribution in [0.5, 0.6) is 11.5 Å². The average Bonchev–Trinajstić information content (AvgIpc) is 2.68. The Morgan fingerprint density at radius 1 is 1.20 bits per heavy atom. The molecule has 104 valence electrons. The number of ether oxygens (including phenoxy) is 2. The Bertz CT molecular complexity index is 613. The first-order valence-corrected chi connectivity index (χ1v) is 6.66. The van der Waals surface area contributed by atoms with Gasteiger partial charge in [-0.25, -0.2) is 0 Å². The van der Waals surface area contributed by atoms with Gasteiger partial charge in [-0.05, 0) is 12.1 Å². The topological polar surface area (TPSA) is 47.7 Å². The third-order valence-electron chi connectivity index (χ3n) is 3.47. The lowest BCUT2D eigenvalue weighted by molar-refractivity contribution is 0.331. The van der Waals surface area contributed by atoms with E-state index in [4.69, 9.17) is 15.2 Å². The number of hydrogen-bond acceptors (Lipinski definition) is 4. The second-order valence-electron chi connectivity index (χ2n) is 4.84. The summed E-state index contributed by atoms with van der Waals surface area (Å²) in [5.74, 6) is 1.74. The highest BCUT2D eigenvalue weighted by Gasteiger charge is 2.16. The average molecular weight is 270 g/mol. The van der Waals surface area contributed by atoms with Crippen molar-refractivity contribution >= 4 is 11.4 Å². The van der Waals surface area contributed by atoms with Crippen molar-refractivity contribution in [2.24, 2.45) is 0 Å². The summed E-state index contributed by atoms with van der Waals surface area (Å²) in [5, 5.41) is 0. The molecule has 0 aliphatic carbocycles. The molecule has 0 radical (unpaired) electrons. The molecule has 4 heteroatoms. The smallest absolute Gasteiger partial charge is 0.124 e. The number of hydrogen-bond donors (Lipinski definition) is 1. The van der Waals surface area contributed by atoms with Crippen molar-refractivity contribution in [3.05, 3.63) is 48.0 Å². The lowest BCUT2D eigenvalue weighted by Crippen LogP contribution is -2.25. The molecule has 1 heterocycles. The highest BCUT2D eigenvalue weighted by atomic mass is 16.5. The Morgan fingerprint density at radius 3 is 2.90 bits per heavy atom. The molecule has 0 atom stereocenters. The monoisotopic (exact) mass is 270 g/mol. The molecule has 1 aliphatic rings. The molecule has 0 fully saturated rings. The van der Waals surface area contributed by atoms with Gasteiger partial charge in [-0.3, -0.25) is 0 Å². The van der Waals surface area contributed by atoms with Crippen molar-refractivity contribution in [1.82, 2.24) is 0 Å². The van der Waals surface area contributed by atoms with Crippen molar-refractivity contribution in [1.29, 1.82) is 0 Å². The summed E-state index contributed by atoms with van der Waals surface area (Å²) in [4.78, 5) is 2.25. The Balaban J connectivity index is 1.93. The molecule has 2 aromatic carbocycles. The Hall–Kier alpha value is -2.36. The van der Waals surface area contributed by atoms with Gasteiger partial charge < -0.3 is 20.1 Å². The maximum absolute atomic E-state index is 5.94. The summed E-state index contributed by atoms with van der Waals surface area (Å²) in [7, 11) is 1.65. The molecule has 0 spiro atoms.